The molecule has 0 atom stereocenters. The molecule has 1 aromatic rings. The van der Waals surface area contributed by atoms with Crippen molar-refractivity contribution in [1.82, 2.24) is 0 Å². The highest BCUT2D eigenvalue weighted by atomic mass is 79.9. The smallest absolute Gasteiger partial charge is 0.325 e. The molecule has 6 heteroatoms. The molecule has 0 unspecified atom stereocenters. The second-order valence-corrected chi connectivity index (χ2v) is 6.30. The Morgan fingerprint density at radius 3 is 2.52 bits per heavy atom. The molecule has 0 heterocycles. The maximum Gasteiger partial charge on any atom is 0.416 e. The predicted molar refractivity (Wildman–Crippen MR) is 79.0 cm³/mol. The van der Waals surface area contributed by atoms with E-state index in [0.29, 0.717) is 16.8 Å². The van der Waals surface area contributed by atoms with Gasteiger partial charge < -0.3 is 5.32 Å². The van der Waals surface area contributed by atoms with Crippen LogP contribution in [0, 0.1) is 5.92 Å². The summed E-state index contributed by atoms with van der Waals surface area (Å²) in [5, 5.41) is 2.58. The van der Waals surface area contributed by atoms with Gasteiger partial charge in [-0.2, -0.15) is 13.2 Å². The Kier molecular flexibility index (Phi) is 5.30. The van der Waals surface area contributed by atoms with Gasteiger partial charge in [-0.05, 0) is 52.9 Å². The Hall–Kier alpha value is -1.04. The number of hydrogen-bond acceptors (Lipinski definition) is 1. The van der Waals surface area contributed by atoms with E-state index < -0.39 is 11.7 Å². The molecule has 2 nitrogen and oxygen atoms in total. The number of alkyl halides is 3. The lowest BCUT2D eigenvalue weighted by atomic mass is 9.87. The van der Waals surface area contributed by atoms with E-state index in [-0.39, 0.29) is 11.6 Å². The molecular formula is C15H17BrF3NO. The zero-order chi connectivity index (χ0) is 15.5. The Morgan fingerprint density at radius 1 is 1.24 bits per heavy atom. The van der Waals surface area contributed by atoms with Crippen LogP contribution < -0.4 is 5.32 Å². The van der Waals surface area contributed by atoms with Crippen LogP contribution in [0.2, 0.25) is 0 Å². The molecular weight excluding hydrogens is 347 g/mol. The van der Waals surface area contributed by atoms with E-state index >= 15 is 0 Å². The standard InChI is InChI=1S/C15H17BrF3NO/c16-12-7-6-11(15(17,18)19)9-13(12)20-14(21)8-10-4-2-1-3-5-10/h6-7,9-10H,1-5,8H2,(H,20,21). The average molecular weight is 364 g/mol. The minimum absolute atomic E-state index is 0.172. The van der Waals surface area contributed by atoms with E-state index in [1.165, 1.54) is 12.5 Å². The summed E-state index contributed by atoms with van der Waals surface area (Å²) in [5.74, 6) is 0.130. The quantitative estimate of drug-likeness (QED) is 0.767. The number of hydrogen-bond donors (Lipinski definition) is 1. The third-order valence-corrected chi connectivity index (χ3v) is 4.46. The van der Waals surface area contributed by atoms with Gasteiger partial charge in [0.05, 0.1) is 11.3 Å². The highest BCUT2D eigenvalue weighted by Gasteiger charge is 2.31. The fraction of sp³-hybridized carbons (Fsp3) is 0.533. The van der Waals surface area contributed by atoms with Crippen molar-refractivity contribution < 1.29 is 18.0 Å². The normalized spacial score (nSPS) is 16.8. The van der Waals surface area contributed by atoms with E-state index in [2.05, 4.69) is 21.2 Å². The molecule has 1 saturated carbocycles. The van der Waals surface area contributed by atoms with Crippen molar-refractivity contribution in [2.24, 2.45) is 5.92 Å². The monoisotopic (exact) mass is 363 g/mol. The number of carbonyl (C=O) groups excluding carboxylic acids is 1. The van der Waals surface area contributed by atoms with Gasteiger partial charge in [-0.3, -0.25) is 4.79 Å². The maximum absolute atomic E-state index is 12.7. The molecule has 0 spiro atoms. The van der Waals surface area contributed by atoms with Crippen LogP contribution in [0.15, 0.2) is 22.7 Å². The van der Waals surface area contributed by atoms with E-state index in [0.717, 1.165) is 37.8 Å². The molecule has 1 N–H and O–H groups in total. The first-order valence-corrected chi connectivity index (χ1v) is 7.82. The van der Waals surface area contributed by atoms with Gasteiger partial charge in [0.2, 0.25) is 5.91 Å². The maximum atomic E-state index is 12.7. The lowest BCUT2D eigenvalue weighted by molar-refractivity contribution is -0.137. The molecule has 0 radical (unpaired) electrons. The summed E-state index contributed by atoms with van der Waals surface area (Å²) >= 11 is 3.17. The third kappa shape index (κ3) is 4.73. The van der Waals surface area contributed by atoms with Gasteiger partial charge in [-0.25, -0.2) is 0 Å². The summed E-state index contributed by atoms with van der Waals surface area (Å²) in [6.07, 6.45) is 1.48. The molecule has 1 aliphatic carbocycles. The molecule has 0 aliphatic heterocycles. The molecule has 0 aromatic heterocycles. The van der Waals surface area contributed by atoms with Crippen molar-refractivity contribution in [3.05, 3.63) is 28.2 Å². The summed E-state index contributed by atoms with van der Waals surface area (Å²) in [6.45, 7) is 0. The first kappa shape index (κ1) is 16.3. The molecule has 116 valence electrons. The van der Waals surface area contributed by atoms with Crippen LogP contribution in [0.4, 0.5) is 18.9 Å². The molecule has 0 bridgehead atoms. The first-order valence-electron chi connectivity index (χ1n) is 7.03. The highest BCUT2D eigenvalue weighted by Crippen LogP contribution is 2.34. The van der Waals surface area contributed by atoms with Gasteiger partial charge in [0.1, 0.15) is 0 Å². The minimum Gasteiger partial charge on any atom is -0.325 e. The van der Waals surface area contributed by atoms with Crippen molar-refractivity contribution in [2.45, 2.75) is 44.7 Å². The molecule has 0 saturated heterocycles. The van der Waals surface area contributed by atoms with Crippen molar-refractivity contribution in [3.63, 3.8) is 0 Å². The van der Waals surface area contributed by atoms with Gasteiger partial charge in [-0.15, -0.1) is 0 Å². The zero-order valence-electron chi connectivity index (χ0n) is 11.5. The number of nitrogens with one attached hydrogen (secondary N) is 1. The van der Waals surface area contributed by atoms with Crippen molar-refractivity contribution >= 4 is 27.5 Å². The van der Waals surface area contributed by atoms with Gasteiger partial charge in [0.15, 0.2) is 0 Å². The van der Waals surface area contributed by atoms with Crippen LogP contribution >= 0.6 is 15.9 Å². The number of benzene rings is 1. The van der Waals surface area contributed by atoms with Crippen LogP contribution in [-0.2, 0) is 11.0 Å². The number of anilines is 1. The molecule has 21 heavy (non-hydrogen) atoms. The number of rotatable bonds is 3. The first-order chi connectivity index (χ1) is 9.86. The summed E-state index contributed by atoms with van der Waals surface area (Å²) in [7, 11) is 0. The van der Waals surface area contributed by atoms with Crippen LogP contribution in [-0.4, -0.2) is 5.91 Å². The second-order valence-electron chi connectivity index (χ2n) is 5.45. The van der Waals surface area contributed by atoms with E-state index in [1.54, 1.807) is 0 Å². The van der Waals surface area contributed by atoms with E-state index in [1.807, 2.05) is 0 Å². The molecule has 1 aromatic carbocycles. The lowest BCUT2D eigenvalue weighted by Gasteiger charge is -2.21. The fourth-order valence-electron chi connectivity index (χ4n) is 2.65. The fourth-order valence-corrected chi connectivity index (χ4v) is 3.00. The highest BCUT2D eigenvalue weighted by molar-refractivity contribution is 9.10. The summed E-state index contributed by atoms with van der Waals surface area (Å²) in [4.78, 5) is 12.0. The summed E-state index contributed by atoms with van der Waals surface area (Å²) in [5.41, 5.74) is -0.593. The van der Waals surface area contributed by atoms with Gasteiger partial charge in [-0.1, -0.05) is 19.3 Å². The Labute approximate surface area is 130 Å². The van der Waals surface area contributed by atoms with Crippen molar-refractivity contribution in [3.8, 4) is 0 Å². The predicted octanol–water partition coefficient (Wildman–Crippen LogP) is 5.38. The zero-order valence-corrected chi connectivity index (χ0v) is 13.1. The number of carbonyl (C=O) groups is 1. The third-order valence-electron chi connectivity index (χ3n) is 3.77. The van der Waals surface area contributed by atoms with Gasteiger partial charge >= 0.3 is 6.18 Å². The summed E-state index contributed by atoms with van der Waals surface area (Å²) in [6, 6.07) is 3.25. The molecule has 1 amide bonds. The van der Waals surface area contributed by atoms with Crippen molar-refractivity contribution in [1.29, 1.82) is 0 Å². The van der Waals surface area contributed by atoms with Gasteiger partial charge in [0.25, 0.3) is 0 Å². The largest absolute Gasteiger partial charge is 0.416 e. The van der Waals surface area contributed by atoms with E-state index in [9.17, 15) is 18.0 Å². The SMILES string of the molecule is O=C(CC1CCCCC1)Nc1cc(C(F)(F)F)ccc1Br. The number of amides is 1. The minimum atomic E-state index is -4.41. The van der Waals surface area contributed by atoms with Crippen LogP contribution in [0.1, 0.15) is 44.1 Å². The lowest BCUT2D eigenvalue weighted by Crippen LogP contribution is -2.19. The van der Waals surface area contributed by atoms with E-state index in [4.69, 9.17) is 0 Å². The average Bonchev–Trinajstić information content (AvgIpc) is 2.41. The Balaban J connectivity index is 2.02. The number of halogens is 4. The second kappa shape index (κ2) is 6.81. The molecule has 1 fully saturated rings. The topological polar surface area (TPSA) is 29.1 Å². The van der Waals surface area contributed by atoms with Crippen LogP contribution in [0.3, 0.4) is 0 Å². The van der Waals surface area contributed by atoms with Crippen LogP contribution in [0.25, 0.3) is 0 Å². The summed E-state index contributed by atoms with van der Waals surface area (Å²) < 4.78 is 38.5. The van der Waals surface area contributed by atoms with Crippen LogP contribution in [0.5, 0.6) is 0 Å². The Bertz CT molecular complexity index is 510. The molecule has 1 aliphatic rings. The molecule has 2 rings (SSSR count). The van der Waals surface area contributed by atoms with Crippen molar-refractivity contribution in [2.75, 3.05) is 5.32 Å². The Morgan fingerprint density at radius 2 is 1.90 bits per heavy atom. The van der Waals surface area contributed by atoms with Gasteiger partial charge in [0, 0.05) is 10.9 Å².